The Balaban J connectivity index is 1.74. The second kappa shape index (κ2) is 7.31. The largest absolute Gasteiger partial charge is 0.495 e. The lowest BCUT2D eigenvalue weighted by molar-refractivity contribution is 0.102. The number of carbonyl (C=O) groups excluding carboxylic acids is 1. The summed E-state index contributed by atoms with van der Waals surface area (Å²) in [4.78, 5) is 21.1. The number of rotatable bonds is 5. The molecule has 0 atom stereocenters. The van der Waals surface area contributed by atoms with Gasteiger partial charge in [-0.3, -0.25) is 4.79 Å². The highest BCUT2D eigenvalue weighted by Crippen LogP contribution is 2.26. The molecular weight excluding hydrogens is 336 g/mol. The van der Waals surface area contributed by atoms with E-state index in [4.69, 9.17) is 4.74 Å². The number of nitrogens with one attached hydrogen (secondary N) is 2. The Morgan fingerprint density at radius 3 is 2.76 bits per heavy atom. The molecule has 0 saturated heterocycles. The van der Waals surface area contributed by atoms with Gasteiger partial charge in [0.1, 0.15) is 17.3 Å². The highest BCUT2D eigenvalue weighted by molar-refractivity contribution is 7.14. The van der Waals surface area contributed by atoms with E-state index in [2.05, 4.69) is 20.6 Å². The number of nitrogens with zero attached hydrogens (tertiary/aromatic N) is 2. The van der Waals surface area contributed by atoms with Crippen molar-refractivity contribution in [2.45, 2.75) is 13.8 Å². The van der Waals surface area contributed by atoms with Crippen LogP contribution in [0.1, 0.15) is 21.7 Å². The van der Waals surface area contributed by atoms with Crippen molar-refractivity contribution in [1.82, 2.24) is 9.97 Å². The fourth-order valence-corrected chi connectivity index (χ4v) is 2.96. The van der Waals surface area contributed by atoms with E-state index in [9.17, 15) is 4.79 Å². The van der Waals surface area contributed by atoms with E-state index in [1.165, 1.54) is 11.3 Å². The van der Waals surface area contributed by atoms with E-state index >= 15 is 0 Å². The van der Waals surface area contributed by atoms with Gasteiger partial charge in [0.25, 0.3) is 5.91 Å². The van der Waals surface area contributed by atoms with Crippen molar-refractivity contribution in [3.05, 3.63) is 58.7 Å². The molecule has 1 amide bonds. The second-order valence-corrected chi connectivity index (χ2v) is 6.34. The number of anilines is 3. The molecule has 0 unspecified atom stereocenters. The van der Waals surface area contributed by atoms with Crippen LogP contribution in [0.15, 0.2) is 41.8 Å². The normalized spacial score (nSPS) is 10.4. The number of aryl methyl sites for hydroxylation is 2. The zero-order chi connectivity index (χ0) is 17.8. The van der Waals surface area contributed by atoms with Gasteiger partial charge in [-0.25, -0.2) is 9.97 Å². The molecule has 3 aromatic rings. The lowest BCUT2D eigenvalue weighted by atomic mass is 10.2. The molecule has 6 nitrogen and oxygen atoms in total. The van der Waals surface area contributed by atoms with Gasteiger partial charge in [-0.05, 0) is 43.7 Å². The van der Waals surface area contributed by atoms with Crippen LogP contribution >= 0.6 is 11.3 Å². The first kappa shape index (κ1) is 16.9. The summed E-state index contributed by atoms with van der Waals surface area (Å²) in [7, 11) is 1.57. The van der Waals surface area contributed by atoms with Crippen molar-refractivity contribution in [3.63, 3.8) is 0 Å². The molecule has 2 heterocycles. The highest BCUT2D eigenvalue weighted by Gasteiger charge is 2.14. The van der Waals surface area contributed by atoms with E-state index in [-0.39, 0.29) is 5.91 Å². The average molecular weight is 354 g/mol. The maximum absolute atomic E-state index is 12.4. The SMILES string of the molecule is COc1ccc(C)cc1NC(=O)c1csc(Nc2cccc(C)n2)n1. The highest BCUT2D eigenvalue weighted by atomic mass is 32.1. The van der Waals surface area contributed by atoms with Gasteiger partial charge in [-0.15, -0.1) is 11.3 Å². The first-order valence-corrected chi connectivity index (χ1v) is 8.55. The standard InChI is InChI=1S/C18H18N4O2S/c1-11-7-8-15(24-3)13(9-11)20-17(23)14-10-25-18(21-14)22-16-6-4-5-12(2)19-16/h4-10H,1-3H3,(H,20,23)(H,19,21,22). The fraction of sp³-hybridized carbons (Fsp3) is 0.167. The summed E-state index contributed by atoms with van der Waals surface area (Å²) in [6.07, 6.45) is 0. The van der Waals surface area contributed by atoms with Crippen LogP contribution in [0.3, 0.4) is 0 Å². The summed E-state index contributed by atoms with van der Waals surface area (Å²) in [6, 6.07) is 11.3. The van der Waals surface area contributed by atoms with Crippen LogP contribution in [0, 0.1) is 13.8 Å². The Morgan fingerprint density at radius 1 is 1.16 bits per heavy atom. The van der Waals surface area contributed by atoms with Crippen LogP contribution in [0.25, 0.3) is 0 Å². The topological polar surface area (TPSA) is 76.1 Å². The third-order valence-corrected chi connectivity index (χ3v) is 4.22. The Morgan fingerprint density at radius 2 is 2.00 bits per heavy atom. The minimum absolute atomic E-state index is 0.287. The second-order valence-electron chi connectivity index (χ2n) is 5.48. The number of hydrogen-bond donors (Lipinski definition) is 2. The van der Waals surface area contributed by atoms with Gasteiger partial charge in [0.05, 0.1) is 12.8 Å². The summed E-state index contributed by atoms with van der Waals surface area (Å²) in [6.45, 7) is 3.87. The zero-order valence-corrected chi connectivity index (χ0v) is 15.0. The molecule has 25 heavy (non-hydrogen) atoms. The average Bonchev–Trinajstić information content (AvgIpc) is 3.04. The number of aromatic nitrogens is 2. The maximum atomic E-state index is 12.4. The monoisotopic (exact) mass is 354 g/mol. The predicted molar refractivity (Wildman–Crippen MR) is 100 cm³/mol. The van der Waals surface area contributed by atoms with E-state index in [0.717, 1.165) is 11.3 Å². The van der Waals surface area contributed by atoms with Crippen molar-refractivity contribution in [1.29, 1.82) is 0 Å². The summed E-state index contributed by atoms with van der Waals surface area (Å²) in [5.41, 5.74) is 2.90. The van der Waals surface area contributed by atoms with Crippen molar-refractivity contribution in [2.24, 2.45) is 0 Å². The van der Waals surface area contributed by atoms with Crippen LogP contribution in [0.4, 0.5) is 16.6 Å². The van der Waals surface area contributed by atoms with Gasteiger partial charge in [0, 0.05) is 11.1 Å². The van der Waals surface area contributed by atoms with Crippen molar-refractivity contribution in [3.8, 4) is 5.75 Å². The molecule has 0 spiro atoms. The third kappa shape index (κ3) is 4.13. The molecule has 2 aromatic heterocycles. The van der Waals surface area contributed by atoms with E-state index in [0.29, 0.717) is 28.1 Å². The van der Waals surface area contributed by atoms with E-state index < -0.39 is 0 Å². The van der Waals surface area contributed by atoms with E-state index in [1.54, 1.807) is 12.5 Å². The maximum Gasteiger partial charge on any atom is 0.275 e. The first-order chi connectivity index (χ1) is 12.0. The summed E-state index contributed by atoms with van der Waals surface area (Å²) in [5, 5.41) is 8.26. The number of methoxy groups -OCH3 is 1. The minimum atomic E-state index is -0.287. The molecule has 7 heteroatoms. The van der Waals surface area contributed by atoms with Crippen LogP contribution in [-0.2, 0) is 0 Å². The molecule has 2 N–H and O–H groups in total. The fourth-order valence-electron chi connectivity index (χ4n) is 2.26. The number of carbonyl (C=O) groups is 1. The van der Waals surface area contributed by atoms with Crippen LogP contribution in [0.2, 0.25) is 0 Å². The van der Waals surface area contributed by atoms with Crippen molar-refractivity contribution in [2.75, 3.05) is 17.7 Å². The molecule has 1 aromatic carbocycles. The smallest absolute Gasteiger partial charge is 0.275 e. The molecule has 0 bridgehead atoms. The molecule has 0 radical (unpaired) electrons. The quantitative estimate of drug-likeness (QED) is 0.719. The van der Waals surface area contributed by atoms with Gasteiger partial charge in [0.2, 0.25) is 0 Å². The minimum Gasteiger partial charge on any atom is -0.495 e. The van der Waals surface area contributed by atoms with Crippen LogP contribution in [0.5, 0.6) is 5.75 Å². The number of thiazole rings is 1. The number of benzene rings is 1. The Kier molecular flexibility index (Phi) is 4.95. The Labute approximate surface area is 149 Å². The summed E-state index contributed by atoms with van der Waals surface area (Å²) < 4.78 is 5.28. The molecule has 3 rings (SSSR count). The Bertz CT molecular complexity index is 908. The van der Waals surface area contributed by atoms with Gasteiger partial charge in [-0.2, -0.15) is 0 Å². The molecule has 0 aliphatic heterocycles. The lowest BCUT2D eigenvalue weighted by Crippen LogP contribution is -2.13. The first-order valence-electron chi connectivity index (χ1n) is 7.67. The van der Waals surface area contributed by atoms with Crippen molar-refractivity contribution >= 4 is 33.9 Å². The summed E-state index contributed by atoms with van der Waals surface area (Å²) >= 11 is 1.35. The van der Waals surface area contributed by atoms with Crippen molar-refractivity contribution < 1.29 is 9.53 Å². The van der Waals surface area contributed by atoms with Gasteiger partial charge < -0.3 is 15.4 Å². The number of hydrogen-bond acceptors (Lipinski definition) is 6. The number of amides is 1. The van der Waals surface area contributed by atoms with E-state index in [1.807, 2.05) is 50.2 Å². The molecule has 0 fully saturated rings. The molecular formula is C18H18N4O2S. The summed E-state index contributed by atoms with van der Waals surface area (Å²) in [5.74, 6) is 1.02. The molecule has 0 aliphatic carbocycles. The van der Waals surface area contributed by atoms with Gasteiger partial charge in [-0.1, -0.05) is 12.1 Å². The van der Waals surface area contributed by atoms with Crippen LogP contribution in [-0.4, -0.2) is 23.0 Å². The van der Waals surface area contributed by atoms with Gasteiger partial charge >= 0.3 is 0 Å². The third-order valence-electron chi connectivity index (χ3n) is 3.46. The zero-order valence-electron chi connectivity index (χ0n) is 14.2. The number of pyridine rings is 1. The Hall–Kier alpha value is -2.93. The lowest BCUT2D eigenvalue weighted by Gasteiger charge is -2.10. The molecule has 0 saturated carbocycles. The van der Waals surface area contributed by atoms with Crippen LogP contribution < -0.4 is 15.4 Å². The van der Waals surface area contributed by atoms with Gasteiger partial charge in [0.15, 0.2) is 5.13 Å². The molecule has 0 aliphatic rings. The molecule has 128 valence electrons. The number of ether oxygens (including phenoxy) is 1. The predicted octanol–water partition coefficient (Wildman–Crippen LogP) is 4.16.